The third kappa shape index (κ3) is 8.68. The van der Waals surface area contributed by atoms with Gasteiger partial charge in [-0.05, 0) is 67.5 Å². The second-order valence-electron chi connectivity index (χ2n) is 14.8. The fraction of sp³-hybridized carbons (Fsp3) is 0.857. The number of hydrogen-bond acceptors (Lipinski definition) is 12. The SMILES string of the molecule is CC[C@H]1OC(=O)[C@H](C)C(=O)[C@H](C)[C@@H](O[C@@H]2O[C@H](C)C[C@H](N(C)C)[C@H]2OC(C)=O)[C@@]2(C)C[C@@H](C)C(=O)[C@H](C)[C@@H](CCC(=O)CO2)[C@]1(C)O. The van der Waals surface area contributed by atoms with Crippen molar-refractivity contribution < 1.29 is 52.8 Å². The highest BCUT2D eigenvalue weighted by molar-refractivity contribution is 6.00. The summed E-state index contributed by atoms with van der Waals surface area (Å²) in [6.07, 6.45) is -3.47. The third-order valence-corrected chi connectivity index (χ3v) is 10.7. The molecule has 3 heterocycles. The highest BCUT2D eigenvalue weighted by Gasteiger charge is 2.53. The Morgan fingerprint density at radius 3 is 2.23 bits per heavy atom. The number of carbonyl (C=O) groups is 5. The van der Waals surface area contributed by atoms with Crippen molar-refractivity contribution in [1.82, 2.24) is 4.90 Å². The average Bonchev–Trinajstić information content (AvgIpc) is 3.00. The number of cyclic esters (lactones) is 1. The number of hydrogen-bond donors (Lipinski definition) is 1. The maximum atomic E-state index is 14.2. The van der Waals surface area contributed by atoms with E-state index in [9.17, 15) is 29.1 Å². The molecule has 12 heteroatoms. The van der Waals surface area contributed by atoms with Crippen LogP contribution in [0, 0.1) is 29.6 Å². The highest BCUT2D eigenvalue weighted by Crippen LogP contribution is 2.42. The summed E-state index contributed by atoms with van der Waals surface area (Å²) in [6.45, 7) is 14.4. The first kappa shape index (κ1) is 39.2. The first-order chi connectivity index (χ1) is 21.7. The smallest absolute Gasteiger partial charge is 0.316 e. The second-order valence-corrected chi connectivity index (χ2v) is 14.8. The number of fused-ring (bicyclic) bond motifs is 5. The summed E-state index contributed by atoms with van der Waals surface area (Å²) in [5.74, 6) is -6.57. The molecule has 3 aliphatic heterocycles. The lowest BCUT2D eigenvalue weighted by atomic mass is 9.69. The maximum Gasteiger partial charge on any atom is 0.316 e. The van der Waals surface area contributed by atoms with Crippen LogP contribution in [0.25, 0.3) is 0 Å². The van der Waals surface area contributed by atoms with Crippen LogP contribution in [0.5, 0.6) is 0 Å². The summed E-state index contributed by atoms with van der Waals surface area (Å²) in [5.41, 5.74) is -3.08. The van der Waals surface area contributed by atoms with Gasteiger partial charge in [-0.15, -0.1) is 0 Å². The summed E-state index contributed by atoms with van der Waals surface area (Å²) in [4.78, 5) is 69.4. The Hall–Kier alpha value is -2.25. The van der Waals surface area contributed by atoms with Gasteiger partial charge in [0.2, 0.25) is 0 Å². The van der Waals surface area contributed by atoms with Crippen molar-refractivity contribution in [2.45, 2.75) is 142 Å². The van der Waals surface area contributed by atoms with E-state index >= 15 is 0 Å². The van der Waals surface area contributed by atoms with Crippen molar-refractivity contribution in [3.63, 3.8) is 0 Å². The lowest BCUT2D eigenvalue weighted by Gasteiger charge is -2.48. The molecule has 0 aromatic rings. The van der Waals surface area contributed by atoms with Crippen molar-refractivity contribution in [3.05, 3.63) is 0 Å². The largest absolute Gasteiger partial charge is 0.459 e. The molecule has 0 spiro atoms. The van der Waals surface area contributed by atoms with Crippen LogP contribution < -0.4 is 0 Å². The third-order valence-electron chi connectivity index (χ3n) is 10.7. The molecule has 268 valence electrons. The first-order valence-corrected chi connectivity index (χ1v) is 17.1. The predicted octanol–water partition coefficient (Wildman–Crippen LogP) is 3.28. The van der Waals surface area contributed by atoms with Gasteiger partial charge in [0.25, 0.3) is 0 Å². The summed E-state index contributed by atoms with van der Waals surface area (Å²) < 4.78 is 31.0. The van der Waals surface area contributed by atoms with Gasteiger partial charge in [-0.1, -0.05) is 27.7 Å². The Morgan fingerprint density at radius 2 is 1.66 bits per heavy atom. The number of Topliss-reactive ketones (excluding diaryl/α,β-unsaturated/α-hetero) is 3. The molecule has 3 saturated heterocycles. The maximum absolute atomic E-state index is 14.2. The topological polar surface area (TPSA) is 155 Å². The lowest BCUT2D eigenvalue weighted by Crippen LogP contribution is -2.60. The normalized spacial score (nSPS) is 43.0. The van der Waals surface area contributed by atoms with Gasteiger partial charge in [0.05, 0.1) is 23.9 Å². The van der Waals surface area contributed by atoms with Gasteiger partial charge in [0, 0.05) is 37.0 Å². The van der Waals surface area contributed by atoms with Crippen LogP contribution in [0.2, 0.25) is 0 Å². The Kier molecular flexibility index (Phi) is 13.0. The molecule has 0 aromatic heterocycles. The number of esters is 2. The zero-order chi connectivity index (χ0) is 35.6. The van der Waals surface area contributed by atoms with Gasteiger partial charge in [-0.25, -0.2) is 0 Å². The fourth-order valence-electron chi connectivity index (χ4n) is 7.94. The van der Waals surface area contributed by atoms with Gasteiger partial charge < -0.3 is 33.7 Å². The van der Waals surface area contributed by atoms with E-state index in [1.54, 1.807) is 34.6 Å². The molecule has 3 aliphatic rings. The first-order valence-electron chi connectivity index (χ1n) is 17.1. The molecular weight excluding hydrogens is 610 g/mol. The summed E-state index contributed by atoms with van der Waals surface area (Å²) in [6, 6.07) is -0.286. The summed E-state index contributed by atoms with van der Waals surface area (Å²) in [5, 5.41) is 11.9. The van der Waals surface area contributed by atoms with Crippen molar-refractivity contribution in [2.75, 3.05) is 20.7 Å². The molecule has 1 N–H and O–H groups in total. The van der Waals surface area contributed by atoms with Crippen molar-refractivity contribution in [1.29, 1.82) is 0 Å². The van der Waals surface area contributed by atoms with Crippen LogP contribution >= 0.6 is 0 Å². The van der Waals surface area contributed by atoms with E-state index < -0.39 is 83.1 Å². The van der Waals surface area contributed by atoms with Gasteiger partial charge in [0.15, 0.2) is 24.0 Å². The molecule has 3 rings (SSSR count). The standard InChI is InChI=1S/C35H57NO11/c1-12-27-35(9,42)25-14-13-24(38)17-43-34(8,16-18(2)28(39)20(25)4)31(21(5)29(40)22(6)32(41)46-27)47-33-30(45-23(7)37)26(36(10)11)15-19(3)44-33/h18-22,25-27,30-31,33,42H,12-17H2,1-11H3/t18-,19-,20-,21+,22-,25-,26+,27-,30-,31-,33+,34-,35+/m1/s1. The Morgan fingerprint density at radius 1 is 1.02 bits per heavy atom. The van der Waals surface area contributed by atoms with Crippen molar-refractivity contribution >= 4 is 29.3 Å². The van der Waals surface area contributed by atoms with Crippen LogP contribution in [-0.4, -0.2) is 108 Å². The van der Waals surface area contributed by atoms with Crippen LogP contribution in [0.1, 0.15) is 94.4 Å². The molecule has 0 saturated carbocycles. The number of rotatable bonds is 5. The average molecular weight is 668 g/mol. The van der Waals surface area contributed by atoms with E-state index in [1.807, 2.05) is 25.9 Å². The minimum Gasteiger partial charge on any atom is -0.459 e. The molecule has 0 aliphatic carbocycles. The Labute approximate surface area is 279 Å². The van der Waals surface area contributed by atoms with Crippen LogP contribution in [0.3, 0.4) is 0 Å². The quantitative estimate of drug-likeness (QED) is 0.338. The molecule has 0 aromatic carbocycles. The van der Waals surface area contributed by atoms with Crippen molar-refractivity contribution in [3.8, 4) is 0 Å². The minimum atomic E-state index is -1.66. The van der Waals surface area contributed by atoms with E-state index in [0.29, 0.717) is 6.42 Å². The van der Waals surface area contributed by atoms with Gasteiger partial charge in [-0.3, -0.25) is 24.0 Å². The van der Waals surface area contributed by atoms with Crippen LogP contribution in [-0.2, 0) is 47.7 Å². The molecule has 3 fully saturated rings. The zero-order valence-corrected chi connectivity index (χ0v) is 30.1. The van der Waals surface area contributed by atoms with Crippen LogP contribution in [0.4, 0.5) is 0 Å². The molecule has 47 heavy (non-hydrogen) atoms. The zero-order valence-electron chi connectivity index (χ0n) is 30.1. The van der Waals surface area contributed by atoms with Gasteiger partial charge in [0.1, 0.15) is 30.0 Å². The monoisotopic (exact) mass is 667 g/mol. The van der Waals surface area contributed by atoms with E-state index in [4.69, 9.17) is 23.7 Å². The van der Waals surface area contributed by atoms with Gasteiger partial charge >= 0.3 is 11.9 Å². The minimum absolute atomic E-state index is 0.0198. The second kappa shape index (κ2) is 15.5. The number of likely N-dealkylation sites (N-methyl/N-ethyl adjacent to an activating group) is 1. The highest BCUT2D eigenvalue weighted by atomic mass is 16.7. The van der Waals surface area contributed by atoms with E-state index in [-0.39, 0.29) is 56.0 Å². The van der Waals surface area contributed by atoms with E-state index in [0.717, 1.165) is 0 Å². The number of nitrogens with zero attached hydrogens (tertiary/aromatic N) is 1. The number of carbonyl (C=O) groups excluding carboxylic acids is 5. The Bertz CT molecular complexity index is 1170. The Balaban J connectivity index is 2.23. The lowest BCUT2D eigenvalue weighted by molar-refractivity contribution is -0.299. The van der Waals surface area contributed by atoms with Gasteiger partial charge in [-0.2, -0.15) is 0 Å². The summed E-state index contributed by atoms with van der Waals surface area (Å²) in [7, 11) is 3.72. The molecule has 13 atom stereocenters. The molecule has 2 bridgehead atoms. The molecular formula is C35H57NO11. The number of ketones is 3. The number of aliphatic hydroxyl groups is 1. The summed E-state index contributed by atoms with van der Waals surface area (Å²) >= 11 is 0. The van der Waals surface area contributed by atoms with E-state index in [1.165, 1.54) is 20.8 Å². The fourth-order valence-corrected chi connectivity index (χ4v) is 7.94. The van der Waals surface area contributed by atoms with Crippen LogP contribution in [0.15, 0.2) is 0 Å². The predicted molar refractivity (Wildman–Crippen MR) is 171 cm³/mol. The number of ether oxygens (including phenoxy) is 5. The van der Waals surface area contributed by atoms with E-state index in [2.05, 4.69) is 0 Å². The molecule has 12 nitrogen and oxygen atoms in total. The molecule has 0 unspecified atom stereocenters. The molecule has 0 radical (unpaired) electrons. The van der Waals surface area contributed by atoms with Crippen molar-refractivity contribution in [2.24, 2.45) is 29.6 Å². The molecule has 0 amide bonds.